The fourth-order valence-electron chi connectivity index (χ4n) is 3.78. The average Bonchev–Trinajstić information content (AvgIpc) is 2.74. The Kier molecular flexibility index (Phi) is 8.53. The number of ether oxygens (including phenoxy) is 2. The highest BCUT2D eigenvalue weighted by Gasteiger charge is 2.20. The third-order valence-corrected chi connectivity index (χ3v) is 5.29. The van der Waals surface area contributed by atoms with Gasteiger partial charge >= 0.3 is 6.03 Å². The molecule has 1 saturated heterocycles. The van der Waals surface area contributed by atoms with E-state index in [0.717, 1.165) is 36.6 Å². The summed E-state index contributed by atoms with van der Waals surface area (Å²) in [5.41, 5.74) is 1.80. The van der Waals surface area contributed by atoms with Crippen molar-refractivity contribution in [3.8, 4) is 5.75 Å². The molecule has 1 aliphatic heterocycles. The molecule has 1 heterocycles. The van der Waals surface area contributed by atoms with Gasteiger partial charge in [-0.2, -0.15) is 0 Å². The van der Waals surface area contributed by atoms with Crippen molar-refractivity contribution in [1.82, 2.24) is 9.80 Å². The van der Waals surface area contributed by atoms with E-state index < -0.39 is 0 Å². The summed E-state index contributed by atoms with van der Waals surface area (Å²) >= 11 is 0. The molecule has 0 spiro atoms. The normalized spacial score (nSPS) is 16.8. The topological polar surface area (TPSA) is 54.0 Å². The number of urea groups is 1. The first-order valence-corrected chi connectivity index (χ1v) is 10.7. The Morgan fingerprint density at radius 2 is 2.00 bits per heavy atom. The molecule has 162 valence electrons. The van der Waals surface area contributed by atoms with Crippen LogP contribution in [0.4, 0.5) is 10.5 Å². The third-order valence-electron chi connectivity index (χ3n) is 5.29. The highest BCUT2D eigenvalue weighted by Crippen LogP contribution is 2.17. The highest BCUT2D eigenvalue weighted by atomic mass is 16.5. The number of hydrogen-bond donors (Lipinski definition) is 1. The van der Waals surface area contributed by atoms with Crippen LogP contribution in [-0.4, -0.2) is 62.8 Å². The molecule has 1 N–H and O–H groups in total. The Balaban J connectivity index is 1.39. The monoisotopic (exact) mass is 411 g/mol. The van der Waals surface area contributed by atoms with E-state index >= 15 is 0 Å². The first-order valence-electron chi connectivity index (χ1n) is 10.7. The lowest BCUT2D eigenvalue weighted by Gasteiger charge is -2.32. The van der Waals surface area contributed by atoms with Gasteiger partial charge < -0.3 is 24.6 Å². The number of anilines is 1. The summed E-state index contributed by atoms with van der Waals surface area (Å²) in [4.78, 5) is 16.7. The van der Waals surface area contributed by atoms with Crippen LogP contribution in [0.15, 0.2) is 54.6 Å². The molecule has 3 rings (SSSR count). The van der Waals surface area contributed by atoms with Crippen LogP contribution in [-0.2, 0) is 11.3 Å². The lowest BCUT2D eigenvalue weighted by molar-refractivity contribution is 0.0889. The molecule has 2 amide bonds. The summed E-state index contributed by atoms with van der Waals surface area (Å²) in [6.45, 7) is 4.47. The van der Waals surface area contributed by atoms with E-state index in [4.69, 9.17) is 9.47 Å². The first kappa shape index (κ1) is 22.1. The largest absolute Gasteiger partial charge is 0.491 e. The van der Waals surface area contributed by atoms with Crippen LogP contribution in [0.1, 0.15) is 18.4 Å². The zero-order valence-electron chi connectivity index (χ0n) is 18.0. The van der Waals surface area contributed by atoms with Crippen LogP contribution in [0.25, 0.3) is 0 Å². The molecule has 0 radical (unpaired) electrons. The molecule has 6 heteroatoms. The van der Waals surface area contributed by atoms with Crippen molar-refractivity contribution >= 4 is 11.7 Å². The third kappa shape index (κ3) is 7.35. The molecule has 0 aromatic heterocycles. The number of nitrogens with zero attached hydrogens (tertiary/aromatic N) is 2. The van der Waals surface area contributed by atoms with Crippen molar-refractivity contribution in [1.29, 1.82) is 0 Å². The first-order chi connectivity index (χ1) is 14.6. The highest BCUT2D eigenvalue weighted by molar-refractivity contribution is 5.89. The van der Waals surface area contributed by atoms with Gasteiger partial charge in [0.25, 0.3) is 0 Å². The van der Waals surface area contributed by atoms with Gasteiger partial charge in [0, 0.05) is 25.8 Å². The minimum Gasteiger partial charge on any atom is -0.491 e. The van der Waals surface area contributed by atoms with Gasteiger partial charge in [-0.3, -0.25) is 0 Å². The Hall–Kier alpha value is -2.57. The average molecular weight is 412 g/mol. The summed E-state index contributed by atoms with van der Waals surface area (Å²) in [5.74, 6) is 1.38. The standard InChI is InChI=1S/C24H33N3O3/c1-26-13-7-9-21(17-26)18-27(2)24(28)25-22-10-6-8-20(16-22)19-29-14-15-30-23-11-4-3-5-12-23/h3-6,8,10-12,16,21H,7,9,13-15,17-19H2,1-2H3,(H,25,28). The van der Waals surface area contributed by atoms with E-state index in [0.29, 0.717) is 25.7 Å². The molecule has 2 aromatic rings. The smallest absolute Gasteiger partial charge is 0.321 e. The van der Waals surface area contributed by atoms with Gasteiger partial charge in [0.15, 0.2) is 0 Å². The zero-order valence-corrected chi connectivity index (χ0v) is 18.0. The predicted octanol–water partition coefficient (Wildman–Crippen LogP) is 4.09. The number of rotatable bonds is 9. The van der Waals surface area contributed by atoms with E-state index in [1.54, 1.807) is 4.90 Å². The maximum Gasteiger partial charge on any atom is 0.321 e. The van der Waals surface area contributed by atoms with Gasteiger partial charge in [0.2, 0.25) is 0 Å². The van der Waals surface area contributed by atoms with Gasteiger partial charge in [-0.05, 0) is 62.2 Å². The molecule has 0 aliphatic carbocycles. The van der Waals surface area contributed by atoms with E-state index in [2.05, 4.69) is 17.3 Å². The minimum atomic E-state index is -0.0717. The summed E-state index contributed by atoms with van der Waals surface area (Å²) < 4.78 is 11.3. The van der Waals surface area contributed by atoms with Gasteiger partial charge in [0.05, 0.1) is 13.2 Å². The number of likely N-dealkylation sites (tertiary alicyclic amines) is 1. The molecule has 0 saturated carbocycles. The second-order valence-corrected chi connectivity index (χ2v) is 8.00. The van der Waals surface area contributed by atoms with E-state index in [1.807, 2.05) is 61.6 Å². The van der Waals surface area contributed by atoms with Crippen LogP contribution >= 0.6 is 0 Å². The lowest BCUT2D eigenvalue weighted by atomic mass is 9.98. The van der Waals surface area contributed by atoms with Gasteiger partial charge in [-0.15, -0.1) is 0 Å². The van der Waals surface area contributed by atoms with Gasteiger partial charge in [-0.25, -0.2) is 4.79 Å². The van der Waals surface area contributed by atoms with E-state index in [9.17, 15) is 4.79 Å². The number of nitrogens with one attached hydrogen (secondary N) is 1. The molecule has 1 fully saturated rings. The molecular formula is C24H33N3O3. The Morgan fingerprint density at radius 1 is 1.17 bits per heavy atom. The zero-order chi connectivity index (χ0) is 21.2. The van der Waals surface area contributed by atoms with E-state index in [-0.39, 0.29) is 6.03 Å². The van der Waals surface area contributed by atoms with Crippen molar-refractivity contribution in [2.75, 3.05) is 52.3 Å². The van der Waals surface area contributed by atoms with Crippen LogP contribution in [0.2, 0.25) is 0 Å². The Morgan fingerprint density at radius 3 is 2.80 bits per heavy atom. The van der Waals surface area contributed by atoms with E-state index in [1.165, 1.54) is 12.8 Å². The number of hydrogen-bond acceptors (Lipinski definition) is 4. The lowest BCUT2D eigenvalue weighted by Crippen LogP contribution is -2.41. The molecule has 1 aliphatic rings. The fraction of sp³-hybridized carbons (Fsp3) is 0.458. The quantitative estimate of drug-likeness (QED) is 0.632. The second kappa shape index (κ2) is 11.6. The Labute approximate surface area is 179 Å². The number of carbonyl (C=O) groups is 1. The molecule has 30 heavy (non-hydrogen) atoms. The van der Waals surface area contributed by atoms with Crippen LogP contribution in [0, 0.1) is 5.92 Å². The van der Waals surface area contributed by atoms with Gasteiger partial charge in [-0.1, -0.05) is 30.3 Å². The van der Waals surface area contributed by atoms with Crippen LogP contribution < -0.4 is 10.1 Å². The summed E-state index contributed by atoms with van der Waals surface area (Å²) in [5, 5.41) is 3.00. The van der Waals surface area contributed by atoms with Crippen molar-refractivity contribution in [2.24, 2.45) is 5.92 Å². The van der Waals surface area contributed by atoms with Crippen molar-refractivity contribution in [3.63, 3.8) is 0 Å². The minimum absolute atomic E-state index is 0.0717. The second-order valence-electron chi connectivity index (χ2n) is 8.00. The molecule has 1 unspecified atom stereocenters. The van der Waals surface area contributed by atoms with Crippen molar-refractivity contribution in [3.05, 3.63) is 60.2 Å². The number of carbonyl (C=O) groups excluding carboxylic acids is 1. The predicted molar refractivity (Wildman–Crippen MR) is 120 cm³/mol. The van der Waals surface area contributed by atoms with Crippen molar-refractivity contribution in [2.45, 2.75) is 19.4 Å². The summed E-state index contributed by atoms with van der Waals surface area (Å²) in [6, 6.07) is 17.4. The molecule has 6 nitrogen and oxygen atoms in total. The summed E-state index contributed by atoms with van der Waals surface area (Å²) in [6.07, 6.45) is 2.39. The number of benzene rings is 2. The maximum absolute atomic E-state index is 12.6. The number of amides is 2. The molecular weight excluding hydrogens is 378 g/mol. The Bertz CT molecular complexity index is 784. The number of para-hydroxylation sites is 1. The van der Waals surface area contributed by atoms with Crippen molar-refractivity contribution < 1.29 is 14.3 Å². The SMILES string of the molecule is CN1CCCC(CN(C)C(=O)Nc2cccc(COCCOc3ccccc3)c2)C1. The number of piperidine rings is 1. The molecule has 0 bridgehead atoms. The van der Waals surface area contributed by atoms with Crippen LogP contribution in [0.5, 0.6) is 5.75 Å². The van der Waals surface area contributed by atoms with Crippen LogP contribution in [0.3, 0.4) is 0 Å². The maximum atomic E-state index is 12.6. The fourth-order valence-corrected chi connectivity index (χ4v) is 3.78. The summed E-state index contributed by atoms with van der Waals surface area (Å²) in [7, 11) is 4.01. The molecule has 1 atom stereocenters. The molecule has 2 aromatic carbocycles. The van der Waals surface area contributed by atoms with Gasteiger partial charge in [0.1, 0.15) is 12.4 Å².